The molecule has 0 radical (unpaired) electrons. The molecule has 0 spiro atoms. The first-order valence-electron chi connectivity index (χ1n) is 3.35. The van der Waals surface area contributed by atoms with Gasteiger partial charge in [-0.05, 0) is 6.92 Å². The van der Waals surface area contributed by atoms with Gasteiger partial charge in [-0.2, -0.15) is 0 Å². The van der Waals surface area contributed by atoms with Gasteiger partial charge < -0.3 is 5.11 Å². The summed E-state index contributed by atoms with van der Waals surface area (Å²) < 4.78 is 37.8. The van der Waals surface area contributed by atoms with Crippen molar-refractivity contribution in [2.24, 2.45) is 0 Å². The summed E-state index contributed by atoms with van der Waals surface area (Å²) in [5.41, 5.74) is -0.503. The van der Waals surface area contributed by atoms with Crippen molar-refractivity contribution in [3.05, 3.63) is 35.1 Å². The summed E-state index contributed by atoms with van der Waals surface area (Å²) in [6.45, 7) is 1.21. The molecule has 0 aliphatic heterocycles. The molecule has 0 saturated heterocycles. The third kappa shape index (κ3) is 1.58. The minimum atomic E-state index is -1.27. The summed E-state index contributed by atoms with van der Waals surface area (Å²) in [5.74, 6) is -3.13. The van der Waals surface area contributed by atoms with Gasteiger partial charge >= 0.3 is 0 Å². The van der Waals surface area contributed by atoms with Crippen LogP contribution >= 0.6 is 0 Å². The Bertz CT molecular complexity index is 273. The second kappa shape index (κ2) is 3.15. The highest BCUT2D eigenvalue weighted by atomic mass is 19.1. The van der Waals surface area contributed by atoms with Crippen LogP contribution in [0.15, 0.2) is 12.1 Å². The van der Waals surface area contributed by atoms with E-state index in [9.17, 15) is 13.2 Å². The Kier molecular flexibility index (Phi) is 2.38. The van der Waals surface area contributed by atoms with E-state index in [0.29, 0.717) is 12.1 Å². The number of aliphatic hydroxyl groups excluding tert-OH is 1. The largest absolute Gasteiger partial charge is 0.388 e. The number of hydrogen-bond donors (Lipinski definition) is 1. The molecule has 0 fully saturated rings. The van der Waals surface area contributed by atoms with Crippen LogP contribution in [0.1, 0.15) is 18.6 Å². The van der Waals surface area contributed by atoms with E-state index in [-0.39, 0.29) is 0 Å². The Morgan fingerprint density at radius 3 is 1.92 bits per heavy atom. The van der Waals surface area contributed by atoms with Crippen molar-refractivity contribution >= 4 is 0 Å². The minimum Gasteiger partial charge on any atom is -0.388 e. The van der Waals surface area contributed by atoms with Crippen LogP contribution in [0.5, 0.6) is 0 Å². The molecule has 12 heavy (non-hydrogen) atoms. The van der Waals surface area contributed by atoms with Gasteiger partial charge in [0, 0.05) is 12.1 Å². The van der Waals surface area contributed by atoms with Crippen molar-refractivity contribution in [3.8, 4) is 0 Å². The van der Waals surface area contributed by atoms with Crippen molar-refractivity contribution in [2.45, 2.75) is 13.0 Å². The number of benzene rings is 1. The van der Waals surface area contributed by atoms with Crippen LogP contribution in [0.3, 0.4) is 0 Å². The van der Waals surface area contributed by atoms with Crippen LogP contribution in [0.25, 0.3) is 0 Å². The standard InChI is InChI=1S/C8H7F3O/c1-4(12)8-6(10)2-5(9)3-7(8)11/h2-4,12H,1H3. The summed E-state index contributed by atoms with van der Waals surface area (Å²) >= 11 is 0. The molecule has 1 unspecified atom stereocenters. The Balaban J connectivity index is 3.28. The Morgan fingerprint density at radius 2 is 1.58 bits per heavy atom. The molecule has 1 aromatic rings. The van der Waals surface area contributed by atoms with E-state index in [1.54, 1.807) is 0 Å². The maximum absolute atomic E-state index is 12.7. The average Bonchev–Trinajstić information content (AvgIpc) is 1.82. The van der Waals surface area contributed by atoms with Crippen LogP contribution in [0.2, 0.25) is 0 Å². The fourth-order valence-corrected chi connectivity index (χ4v) is 0.952. The second-order valence-electron chi connectivity index (χ2n) is 2.46. The third-order valence-electron chi connectivity index (χ3n) is 1.46. The van der Waals surface area contributed by atoms with Crippen molar-refractivity contribution in [1.29, 1.82) is 0 Å². The molecule has 66 valence electrons. The third-order valence-corrected chi connectivity index (χ3v) is 1.46. The molecule has 0 bridgehead atoms. The van der Waals surface area contributed by atoms with E-state index in [2.05, 4.69) is 0 Å². The van der Waals surface area contributed by atoms with Gasteiger partial charge in [-0.25, -0.2) is 13.2 Å². The molecule has 4 heteroatoms. The number of aliphatic hydroxyl groups is 1. The quantitative estimate of drug-likeness (QED) is 0.695. The summed E-state index contributed by atoms with van der Waals surface area (Å²) in [4.78, 5) is 0. The number of rotatable bonds is 1. The molecule has 0 aromatic heterocycles. The second-order valence-corrected chi connectivity index (χ2v) is 2.46. The molecule has 0 amide bonds. The van der Waals surface area contributed by atoms with E-state index in [1.807, 2.05) is 0 Å². The molecular formula is C8H7F3O. The van der Waals surface area contributed by atoms with E-state index in [1.165, 1.54) is 6.92 Å². The summed E-state index contributed by atoms with van der Waals surface area (Å²) in [6.07, 6.45) is -1.27. The normalized spacial score (nSPS) is 13.1. The monoisotopic (exact) mass is 176 g/mol. The van der Waals surface area contributed by atoms with Crippen LogP contribution in [0.4, 0.5) is 13.2 Å². The lowest BCUT2D eigenvalue weighted by Crippen LogP contribution is -2.01. The molecular weight excluding hydrogens is 169 g/mol. The maximum Gasteiger partial charge on any atom is 0.134 e. The molecule has 1 aromatic carbocycles. The van der Waals surface area contributed by atoms with Crippen LogP contribution in [0, 0.1) is 17.5 Å². The highest BCUT2D eigenvalue weighted by Crippen LogP contribution is 2.21. The van der Waals surface area contributed by atoms with Gasteiger partial charge in [-0.3, -0.25) is 0 Å². The average molecular weight is 176 g/mol. The van der Waals surface area contributed by atoms with Gasteiger partial charge in [0.15, 0.2) is 0 Å². The molecule has 1 rings (SSSR count). The fourth-order valence-electron chi connectivity index (χ4n) is 0.952. The first-order chi connectivity index (χ1) is 5.52. The van der Waals surface area contributed by atoms with E-state index in [4.69, 9.17) is 5.11 Å². The number of hydrogen-bond acceptors (Lipinski definition) is 1. The molecule has 0 saturated carbocycles. The lowest BCUT2D eigenvalue weighted by molar-refractivity contribution is 0.188. The van der Waals surface area contributed by atoms with Gasteiger partial charge in [0.05, 0.1) is 11.7 Å². The predicted octanol–water partition coefficient (Wildman–Crippen LogP) is 2.16. The van der Waals surface area contributed by atoms with Gasteiger partial charge in [-0.1, -0.05) is 0 Å². The van der Waals surface area contributed by atoms with Crippen molar-refractivity contribution in [3.63, 3.8) is 0 Å². The zero-order chi connectivity index (χ0) is 9.30. The smallest absolute Gasteiger partial charge is 0.134 e. The minimum absolute atomic E-state index is 0.503. The first-order valence-corrected chi connectivity index (χ1v) is 3.35. The first kappa shape index (κ1) is 9.06. The van der Waals surface area contributed by atoms with Crippen LogP contribution < -0.4 is 0 Å². The van der Waals surface area contributed by atoms with Crippen molar-refractivity contribution in [1.82, 2.24) is 0 Å². The van der Waals surface area contributed by atoms with Gasteiger partial charge in [-0.15, -0.1) is 0 Å². The van der Waals surface area contributed by atoms with Gasteiger partial charge in [0.1, 0.15) is 17.5 Å². The van der Waals surface area contributed by atoms with Crippen molar-refractivity contribution < 1.29 is 18.3 Å². The van der Waals surface area contributed by atoms with E-state index >= 15 is 0 Å². The molecule has 1 nitrogen and oxygen atoms in total. The predicted molar refractivity (Wildman–Crippen MR) is 36.9 cm³/mol. The SMILES string of the molecule is CC(O)c1c(F)cc(F)cc1F. The highest BCUT2D eigenvalue weighted by Gasteiger charge is 2.15. The van der Waals surface area contributed by atoms with Crippen LogP contribution in [-0.4, -0.2) is 5.11 Å². The molecule has 0 heterocycles. The Hall–Kier alpha value is -1.03. The lowest BCUT2D eigenvalue weighted by Gasteiger charge is -2.06. The van der Waals surface area contributed by atoms with E-state index in [0.717, 1.165) is 0 Å². The molecule has 0 aliphatic carbocycles. The lowest BCUT2D eigenvalue weighted by atomic mass is 10.1. The fraction of sp³-hybridized carbons (Fsp3) is 0.250. The van der Waals surface area contributed by atoms with Gasteiger partial charge in [0.25, 0.3) is 0 Å². The Morgan fingerprint density at radius 1 is 1.17 bits per heavy atom. The summed E-state index contributed by atoms with van der Waals surface area (Å²) in [5, 5.41) is 8.87. The zero-order valence-corrected chi connectivity index (χ0v) is 6.31. The van der Waals surface area contributed by atoms with Gasteiger partial charge in [0.2, 0.25) is 0 Å². The summed E-state index contributed by atoms with van der Waals surface area (Å²) in [7, 11) is 0. The summed E-state index contributed by atoms with van der Waals surface area (Å²) in [6, 6.07) is 1.07. The molecule has 1 atom stereocenters. The highest BCUT2D eigenvalue weighted by molar-refractivity contribution is 5.22. The number of halogens is 3. The molecule has 1 N–H and O–H groups in total. The van der Waals surface area contributed by atoms with E-state index < -0.39 is 29.1 Å². The maximum atomic E-state index is 12.7. The molecule has 0 aliphatic rings. The topological polar surface area (TPSA) is 20.2 Å². The Labute approximate surface area is 67.5 Å². The zero-order valence-electron chi connectivity index (χ0n) is 6.31. The van der Waals surface area contributed by atoms with Crippen molar-refractivity contribution in [2.75, 3.05) is 0 Å². The van der Waals surface area contributed by atoms with Crippen LogP contribution in [-0.2, 0) is 0 Å².